The molecule has 5 nitrogen and oxygen atoms in total. The molecule has 1 aromatic carbocycles. The van der Waals surface area contributed by atoms with E-state index in [9.17, 15) is 9.59 Å². The Morgan fingerprint density at radius 3 is 2.61 bits per heavy atom. The van der Waals surface area contributed by atoms with Crippen molar-refractivity contribution >= 4 is 17.5 Å². The number of pyridine rings is 1. The predicted octanol–water partition coefficient (Wildman–Crippen LogP) is 2.40. The Morgan fingerprint density at radius 2 is 1.91 bits per heavy atom. The Balaban J connectivity index is 2.07. The molecule has 1 aromatic heterocycles. The second-order valence-electron chi connectivity index (χ2n) is 5.94. The van der Waals surface area contributed by atoms with Gasteiger partial charge in [-0.2, -0.15) is 0 Å². The molecule has 0 radical (unpaired) electrons. The van der Waals surface area contributed by atoms with Crippen LogP contribution in [0.5, 0.6) is 0 Å². The van der Waals surface area contributed by atoms with E-state index in [2.05, 4.69) is 4.98 Å². The summed E-state index contributed by atoms with van der Waals surface area (Å²) in [4.78, 5) is 30.8. The number of para-hydroxylation sites is 1. The van der Waals surface area contributed by atoms with E-state index in [-0.39, 0.29) is 23.8 Å². The van der Waals surface area contributed by atoms with Gasteiger partial charge in [0.15, 0.2) is 0 Å². The molecular weight excluding hydrogens is 290 g/mol. The van der Waals surface area contributed by atoms with Crippen molar-refractivity contribution in [2.24, 2.45) is 5.73 Å². The molecule has 1 aliphatic rings. The zero-order chi connectivity index (χ0) is 16.6. The van der Waals surface area contributed by atoms with Gasteiger partial charge < -0.3 is 10.6 Å². The largest absolute Gasteiger partial charge is 0.369 e. The lowest BCUT2D eigenvalue weighted by Crippen LogP contribution is -2.45. The van der Waals surface area contributed by atoms with Crippen LogP contribution >= 0.6 is 0 Å². The molecule has 2 amide bonds. The highest BCUT2D eigenvalue weighted by molar-refractivity contribution is 6.06. The molecule has 2 aromatic rings. The number of carbonyl (C=O) groups is 2. The third-order valence-electron chi connectivity index (χ3n) is 4.26. The van der Waals surface area contributed by atoms with Gasteiger partial charge in [0, 0.05) is 17.4 Å². The van der Waals surface area contributed by atoms with Gasteiger partial charge in [-0.3, -0.25) is 9.59 Å². The van der Waals surface area contributed by atoms with Crippen LogP contribution in [0, 0.1) is 6.92 Å². The van der Waals surface area contributed by atoms with Crippen molar-refractivity contribution in [2.75, 3.05) is 4.90 Å². The van der Waals surface area contributed by atoms with E-state index in [1.54, 1.807) is 11.0 Å². The Bertz CT molecular complexity index is 772. The standard InChI is InChI=1S/C18H19N3O2/c1-11-6-5-8-15(20-11)18(23)21-12(2)10-14(17(19)22)13-7-3-4-9-16(13)21/h3-9,12,14H,10H2,1-2H3,(H2,19,22)/t12-,14-/m1/s1. The lowest BCUT2D eigenvalue weighted by molar-refractivity contribution is -0.119. The molecule has 0 saturated carbocycles. The Hall–Kier alpha value is -2.69. The highest BCUT2D eigenvalue weighted by atomic mass is 16.2. The van der Waals surface area contributed by atoms with Gasteiger partial charge in [-0.05, 0) is 44.0 Å². The number of aryl methyl sites for hydroxylation is 1. The van der Waals surface area contributed by atoms with Crippen molar-refractivity contribution in [3.05, 3.63) is 59.4 Å². The maximum Gasteiger partial charge on any atom is 0.277 e. The smallest absolute Gasteiger partial charge is 0.277 e. The van der Waals surface area contributed by atoms with E-state index < -0.39 is 0 Å². The van der Waals surface area contributed by atoms with Crippen LogP contribution in [-0.4, -0.2) is 22.8 Å². The molecule has 2 atom stereocenters. The molecule has 0 saturated heterocycles. The minimum Gasteiger partial charge on any atom is -0.369 e. The van der Waals surface area contributed by atoms with Gasteiger partial charge in [-0.1, -0.05) is 24.3 Å². The number of benzene rings is 1. The molecule has 3 rings (SSSR count). The molecular formula is C18H19N3O2. The summed E-state index contributed by atoms with van der Waals surface area (Å²) in [6.45, 7) is 3.78. The molecule has 1 aliphatic heterocycles. The van der Waals surface area contributed by atoms with Crippen LogP contribution in [0.3, 0.4) is 0 Å². The third-order valence-corrected chi connectivity index (χ3v) is 4.26. The van der Waals surface area contributed by atoms with Crippen molar-refractivity contribution in [2.45, 2.75) is 32.2 Å². The number of rotatable bonds is 2. The second-order valence-corrected chi connectivity index (χ2v) is 5.94. The number of nitrogens with two attached hydrogens (primary N) is 1. The summed E-state index contributed by atoms with van der Waals surface area (Å²) in [5.74, 6) is -0.877. The van der Waals surface area contributed by atoms with Crippen molar-refractivity contribution in [1.29, 1.82) is 0 Å². The fourth-order valence-corrected chi connectivity index (χ4v) is 3.18. The van der Waals surface area contributed by atoms with E-state index >= 15 is 0 Å². The maximum absolute atomic E-state index is 12.9. The normalized spacial score (nSPS) is 20.0. The maximum atomic E-state index is 12.9. The van der Waals surface area contributed by atoms with Gasteiger partial charge in [-0.25, -0.2) is 4.98 Å². The van der Waals surface area contributed by atoms with Crippen LogP contribution in [0.15, 0.2) is 42.5 Å². The van der Waals surface area contributed by atoms with Crippen molar-refractivity contribution in [3.8, 4) is 0 Å². The molecule has 5 heteroatoms. The van der Waals surface area contributed by atoms with Gasteiger partial charge >= 0.3 is 0 Å². The lowest BCUT2D eigenvalue weighted by Gasteiger charge is -2.38. The van der Waals surface area contributed by atoms with Crippen LogP contribution in [0.4, 0.5) is 5.69 Å². The highest BCUT2D eigenvalue weighted by Gasteiger charge is 2.36. The fraction of sp³-hybridized carbons (Fsp3) is 0.278. The van der Waals surface area contributed by atoms with Gasteiger partial charge in [0.1, 0.15) is 5.69 Å². The molecule has 2 heterocycles. The Morgan fingerprint density at radius 1 is 1.17 bits per heavy atom. The topological polar surface area (TPSA) is 76.3 Å². The van der Waals surface area contributed by atoms with Crippen LogP contribution < -0.4 is 10.6 Å². The van der Waals surface area contributed by atoms with Crippen molar-refractivity contribution in [1.82, 2.24) is 4.98 Å². The first-order valence-corrected chi connectivity index (χ1v) is 7.64. The molecule has 118 valence electrons. The Labute approximate surface area is 135 Å². The molecule has 23 heavy (non-hydrogen) atoms. The zero-order valence-electron chi connectivity index (χ0n) is 13.2. The van der Waals surface area contributed by atoms with Gasteiger partial charge in [-0.15, -0.1) is 0 Å². The minimum absolute atomic E-state index is 0.128. The first-order chi connectivity index (χ1) is 11.0. The first kappa shape index (κ1) is 15.2. The van der Waals surface area contributed by atoms with E-state index in [0.29, 0.717) is 12.1 Å². The quantitative estimate of drug-likeness (QED) is 0.925. The van der Waals surface area contributed by atoms with Crippen LogP contribution in [-0.2, 0) is 4.79 Å². The second kappa shape index (κ2) is 5.83. The molecule has 0 aliphatic carbocycles. The summed E-state index contributed by atoms with van der Waals surface area (Å²) in [5, 5.41) is 0. The first-order valence-electron chi connectivity index (χ1n) is 7.64. The lowest BCUT2D eigenvalue weighted by atomic mass is 9.85. The number of fused-ring (bicyclic) bond motifs is 1. The van der Waals surface area contributed by atoms with Crippen LogP contribution in [0.25, 0.3) is 0 Å². The van der Waals surface area contributed by atoms with Gasteiger partial charge in [0.25, 0.3) is 5.91 Å². The number of hydrogen-bond donors (Lipinski definition) is 1. The number of nitrogens with zero attached hydrogens (tertiary/aromatic N) is 2. The highest BCUT2D eigenvalue weighted by Crippen LogP contribution is 2.38. The molecule has 0 spiro atoms. The van der Waals surface area contributed by atoms with E-state index in [1.165, 1.54) is 0 Å². The van der Waals surface area contributed by atoms with Crippen LogP contribution in [0.1, 0.15) is 41.0 Å². The SMILES string of the molecule is Cc1cccc(C(=O)N2c3ccccc3[C@H](C(N)=O)C[C@H]2C)n1. The fourth-order valence-electron chi connectivity index (χ4n) is 3.18. The number of aromatic nitrogens is 1. The monoisotopic (exact) mass is 309 g/mol. The third kappa shape index (κ3) is 2.70. The summed E-state index contributed by atoms with van der Waals surface area (Å²) in [7, 11) is 0. The average molecular weight is 309 g/mol. The average Bonchev–Trinajstić information content (AvgIpc) is 2.53. The summed E-state index contributed by atoms with van der Waals surface area (Å²) in [5.41, 5.74) is 8.29. The van der Waals surface area contributed by atoms with Gasteiger partial charge in [0.2, 0.25) is 5.91 Å². The van der Waals surface area contributed by atoms with Crippen molar-refractivity contribution < 1.29 is 9.59 Å². The molecule has 0 bridgehead atoms. The van der Waals surface area contributed by atoms with Crippen LogP contribution in [0.2, 0.25) is 0 Å². The zero-order valence-corrected chi connectivity index (χ0v) is 13.2. The molecule has 0 fully saturated rings. The summed E-state index contributed by atoms with van der Waals surface area (Å²) in [6.07, 6.45) is 0.518. The van der Waals surface area contributed by atoms with Crippen molar-refractivity contribution in [3.63, 3.8) is 0 Å². The summed E-state index contributed by atoms with van der Waals surface area (Å²) in [6, 6.07) is 12.7. The van der Waals surface area contributed by atoms with E-state index in [4.69, 9.17) is 5.73 Å². The molecule has 0 unspecified atom stereocenters. The van der Waals surface area contributed by atoms with Gasteiger partial charge in [0.05, 0.1) is 5.92 Å². The van der Waals surface area contributed by atoms with E-state index in [1.807, 2.05) is 50.2 Å². The summed E-state index contributed by atoms with van der Waals surface area (Å²) >= 11 is 0. The summed E-state index contributed by atoms with van der Waals surface area (Å²) < 4.78 is 0. The number of primary amides is 1. The van der Waals surface area contributed by atoms with E-state index in [0.717, 1.165) is 16.9 Å². The minimum atomic E-state index is -0.365. The predicted molar refractivity (Wildman–Crippen MR) is 88.2 cm³/mol. The number of anilines is 1. The number of carbonyl (C=O) groups excluding carboxylic acids is 2. The number of amides is 2. The Kier molecular flexibility index (Phi) is 3.86. The number of hydrogen-bond acceptors (Lipinski definition) is 3. The molecule has 2 N–H and O–H groups in total.